The fourth-order valence-electron chi connectivity index (χ4n) is 4.82. The Balaban J connectivity index is 1.42. The number of sulfone groups is 1. The first kappa shape index (κ1) is 23.3. The Hall–Kier alpha value is -1.39. The van der Waals surface area contributed by atoms with Gasteiger partial charge in [-0.05, 0) is 19.3 Å². The van der Waals surface area contributed by atoms with Gasteiger partial charge in [0.25, 0.3) is 0 Å². The molecular weight excluding hydrogens is 406 g/mol. The maximum absolute atomic E-state index is 12.1. The quantitative estimate of drug-likeness (QED) is 0.371. The molecule has 9 nitrogen and oxygen atoms in total. The van der Waals surface area contributed by atoms with Crippen LogP contribution in [0.2, 0.25) is 0 Å². The minimum absolute atomic E-state index is 0.0546. The second-order valence-electron chi connectivity index (χ2n) is 8.65. The molecule has 2 heterocycles. The van der Waals surface area contributed by atoms with Crippen LogP contribution in [-0.4, -0.2) is 94.7 Å². The summed E-state index contributed by atoms with van der Waals surface area (Å²) in [6, 6.07) is -0.250. The largest absolute Gasteiger partial charge is 0.379 e. The molecule has 10 heteroatoms. The highest BCUT2D eigenvalue weighted by atomic mass is 32.2. The second kappa shape index (κ2) is 10.8. The molecular formula is C20H37N5O4S. The van der Waals surface area contributed by atoms with E-state index in [1.165, 1.54) is 32.1 Å². The Morgan fingerprint density at radius 2 is 1.90 bits per heavy atom. The Labute approximate surface area is 180 Å². The molecule has 2 aliphatic heterocycles. The molecule has 3 rings (SSSR count). The summed E-state index contributed by atoms with van der Waals surface area (Å²) in [6.45, 7) is 4.84. The van der Waals surface area contributed by atoms with Crippen molar-refractivity contribution >= 4 is 21.7 Å². The predicted molar refractivity (Wildman–Crippen MR) is 117 cm³/mol. The number of carbonyl (C=O) groups excluding carboxylic acids is 1. The van der Waals surface area contributed by atoms with Crippen LogP contribution in [0.4, 0.5) is 0 Å². The Bertz CT molecular complexity index is 700. The van der Waals surface area contributed by atoms with Crippen LogP contribution in [0.3, 0.4) is 0 Å². The van der Waals surface area contributed by atoms with Gasteiger partial charge in [0.05, 0.1) is 24.7 Å². The highest BCUT2D eigenvalue weighted by Crippen LogP contribution is 2.33. The lowest BCUT2D eigenvalue weighted by Crippen LogP contribution is -2.60. The smallest absolute Gasteiger partial charge is 0.222 e. The van der Waals surface area contributed by atoms with Crippen molar-refractivity contribution in [1.29, 1.82) is 0 Å². The van der Waals surface area contributed by atoms with Crippen LogP contribution in [0.5, 0.6) is 0 Å². The number of aliphatic imine (C=N–C) groups is 1. The van der Waals surface area contributed by atoms with E-state index < -0.39 is 9.84 Å². The van der Waals surface area contributed by atoms with Crippen LogP contribution in [-0.2, 0) is 19.4 Å². The fourth-order valence-corrected chi connectivity index (χ4v) is 6.50. The number of hydrogen-bond acceptors (Lipinski definition) is 6. The van der Waals surface area contributed by atoms with Crippen molar-refractivity contribution in [1.82, 2.24) is 20.9 Å². The van der Waals surface area contributed by atoms with Crippen LogP contribution < -0.4 is 16.0 Å². The third-order valence-corrected chi connectivity index (χ3v) is 8.28. The summed E-state index contributed by atoms with van der Waals surface area (Å²) in [6.07, 6.45) is 6.97. The molecule has 0 aromatic rings. The molecule has 0 spiro atoms. The van der Waals surface area contributed by atoms with Gasteiger partial charge >= 0.3 is 0 Å². The molecule has 0 aromatic heterocycles. The van der Waals surface area contributed by atoms with Crippen molar-refractivity contribution in [2.24, 2.45) is 4.99 Å². The normalized spacial score (nSPS) is 26.8. The maximum atomic E-state index is 12.1. The van der Waals surface area contributed by atoms with Crippen molar-refractivity contribution in [2.75, 3.05) is 57.9 Å². The molecule has 0 bridgehead atoms. The van der Waals surface area contributed by atoms with Gasteiger partial charge in [-0.15, -0.1) is 0 Å². The third kappa shape index (κ3) is 6.55. The number of guanidine groups is 1. The summed E-state index contributed by atoms with van der Waals surface area (Å²) >= 11 is 0. The molecule has 1 aliphatic carbocycles. The lowest BCUT2D eigenvalue weighted by atomic mass is 9.80. The van der Waals surface area contributed by atoms with Crippen molar-refractivity contribution in [3.05, 3.63) is 0 Å². The summed E-state index contributed by atoms with van der Waals surface area (Å²) in [5.74, 6) is 0.790. The van der Waals surface area contributed by atoms with E-state index in [1.807, 2.05) is 0 Å². The lowest BCUT2D eigenvalue weighted by molar-refractivity contribution is -0.121. The van der Waals surface area contributed by atoms with Gasteiger partial charge < -0.3 is 20.7 Å². The Kier molecular flexibility index (Phi) is 8.35. The van der Waals surface area contributed by atoms with Gasteiger partial charge in [-0.3, -0.25) is 14.7 Å². The topological polar surface area (TPSA) is 112 Å². The molecule has 1 atom stereocenters. The van der Waals surface area contributed by atoms with E-state index in [9.17, 15) is 13.2 Å². The fraction of sp³-hybridized carbons (Fsp3) is 0.900. The summed E-state index contributed by atoms with van der Waals surface area (Å²) in [5.41, 5.74) is 0.144. The number of morpholine rings is 1. The number of ether oxygens (including phenoxy) is 1. The SMILES string of the molecule is CN=C(NCCC(=O)NC1CCS(=O)(=O)C1)NCC1(N2CCOCC2)CCCCC1. The lowest BCUT2D eigenvalue weighted by Gasteiger charge is -2.48. The van der Waals surface area contributed by atoms with Crippen LogP contribution >= 0.6 is 0 Å². The molecule has 30 heavy (non-hydrogen) atoms. The molecule has 0 aromatic carbocycles. The zero-order chi connectivity index (χ0) is 21.5. The van der Waals surface area contributed by atoms with Crippen molar-refractivity contribution in [3.63, 3.8) is 0 Å². The van der Waals surface area contributed by atoms with E-state index in [4.69, 9.17) is 4.74 Å². The van der Waals surface area contributed by atoms with Crippen LogP contribution in [0.1, 0.15) is 44.9 Å². The summed E-state index contributed by atoms with van der Waals surface area (Å²) in [5, 5.41) is 9.52. The summed E-state index contributed by atoms with van der Waals surface area (Å²) in [4.78, 5) is 19.0. The zero-order valence-corrected chi connectivity index (χ0v) is 18.9. The molecule has 1 amide bonds. The minimum Gasteiger partial charge on any atom is -0.379 e. The van der Waals surface area contributed by atoms with Crippen molar-refractivity contribution in [3.8, 4) is 0 Å². The van der Waals surface area contributed by atoms with Crippen molar-refractivity contribution < 1.29 is 17.9 Å². The molecule has 172 valence electrons. The minimum atomic E-state index is -2.98. The molecule has 1 saturated carbocycles. The summed E-state index contributed by atoms with van der Waals surface area (Å²) in [7, 11) is -1.25. The van der Waals surface area contributed by atoms with E-state index in [0.717, 1.165) is 32.8 Å². The van der Waals surface area contributed by atoms with Gasteiger partial charge in [-0.2, -0.15) is 0 Å². The average Bonchev–Trinajstić information content (AvgIpc) is 3.09. The van der Waals surface area contributed by atoms with Crippen LogP contribution in [0.15, 0.2) is 4.99 Å². The van der Waals surface area contributed by atoms with Gasteiger partial charge in [0, 0.05) is 51.2 Å². The van der Waals surface area contributed by atoms with Crippen molar-refractivity contribution in [2.45, 2.75) is 56.5 Å². The predicted octanol–water partition coefficient (Wildman–Crippen LogP) is -0.120. The summed E-state index contributed by atoms with van der Waals surface area (Å²) < 4.78 is 28.6. The van der Waals surface area contributed by atoms with E-state index in [0.29, 0.717) is 18.9 Å². The van der Waals surface area contributed by atoms with E-state index >= 15 is 0 Å². The third-order valence-electron chi connectivity index (χ3n) is 6.52. The number of nitrogens with one attached hydrogen (secondary N) is 3. The number of carbonyl (C=O) groups is 1. The van der Waals surface area contributed by atoms with Gasteiger partial charge in [0.15, 0.2) is 15.8 Å². The number of nitrogens with zero attached hydrogens (tertiary/aromatic N) is 2. The number of rotatable bonds is 7. The molecule has 0 radical (unpaired) electrons. The van der Waals surface area contributed by atoms with Gasteiger partial charge in [-0.25, -0.2) is 8.42 Å². The first-order chi connectivity index (χ1) is 14.4. The molecule has 3 aliphatic rings. The molecule has 1 unspecified atom stereocenters. The maximum Gasteiger partial charge on any atom is 0.222 e. The van der Waals surface area contributed by atoms with E-state index in [1.54, 1.807) is 7.05 Å². The van der Waals surface area contributed by atoms with Crippen LogP contribution in [0, 0.1) is 0 Å². The molecule has 2 saturated heterocycles. The second-order valence-corrected chi connectivity index (χ2v) is 10.9. The van der Waals surface area contributed by atoms with Gasteiger partial charge in [0.1, 0.15) is 0 Å². The molecule has 3 fully saturated rings. The number of hydrogen-bond donors (Lipinski definition) is 3. The molecule has 3 N–H and O–H groups in total. The Morgan fingerprint density at radius 3 is 2.53 bits per heavy atom. The highest BCUT2D eigenvalue weighted by Gasteiger charge is 2.38. The monoisotopic (exact) mass is 443 g/mol. The standard InChI is InChI=1S/C20H37N5O4S/c1-21-19(22-9-5-18(26)24-17-6-14-30(27,28)15-17)23-16-20(7-3-2-4-8-20)25-10-12-29-13-11-25/h17H,2-16H2,1H3,(H,24,26)(H2,21,22,23). The number of amides is 1. The Morgan fingerprint density at radius 1 is 1.17 bits per heavy atom. The van der Waals surface area contributed by atoms with Gasteiger partial charge in [0.2, 0.25) is 5.91 Å². The average molecular weight is 444 g/mol. The highest BCUT2D eigenvalue weighted by molar-refractivity contribution is 7.91. The van der Waals surface area contributed by atoms with Gasteiger partial charge in [-0.1, -0.05) is 19.3 Å². The first-order valence-corrected chi connectivity index (χ1v) is 13.0. The van der Waals surface area contributed by atoms with E-state index in [-0.39, 0.29) is 35.4 Å². The first-order valence-electron chi connectivity index (χ1n) is 11.2. The zero-order valence-electron chi connectivity index (χ0n) is 18.1. The van der Waals surface area contributed by atoms with E-state index in [2.05, 4.69) is 25.8 Å². The van der Waals surface area contributed by atoms with Crippen LogP contribution in [0.25, 0.3) is 0 Å².